The number of rotatable bonds is 5. The van der Waals surface area contributed by atoms with E-state index in [2.05, 4.69) is 54.3 Å². The highest BCUT2D eigenvalue weighted by molar-refractivity contribution is 5.16. The van der Waals surface area contributed by atoms with Gasteiger partial charge >= 0.3 is 0 Å². The van der Waals surface area contributed by atoms with Crippen molar-refractivity contribution in [2.45, 2.75) is 40.3 Å². The summed E-state index contributed by atoms with van der Waals surface area (Å²) in [6.45, 7) is 8.15. The molecule has 0 radical (unpaired) electrons. The Morgan fingerprint density at radius 2 is 1.94 bits per heavy atom. The van der Waals surface area contributed by atoms with Crippen molar-refractivity contribution in [3.8, 4) is 0 Å². The van der Waals surface area contributed by atoms with E-state index in [1.165, 1.54) is 17.0 Å². The normalized spacial score (nSPS) is 10.8. The van der Waals surface area contributed by atoms with Crippen LogP contribution in [0, 0.1) is 13.8 Å². The molecular formula is C13H20N4. The van der Waals surface area contributed by atoms with Crippen LogP contribution in [0.1, 0.15) is 30.3 Å². The third kappa shape index (κ3) is 2.70. The van der Waals surface area contributed by atoms with Crippen LogP contribution in [0.5, 0.6) is 0 Å². The fourth-order valence-corrected chi connectivity index (χ4v) is 1.94. The molecule has 0 fully saturated rings. The van der Waals surface area contributed by atoms with Gasteiger partial charge in [-0.05, 0) is 32.4 Å². The molecule has 4 heteroatoms. The number of nitrogens with zero attached hydrogens (tertiary/aromatic N) is 3. The van der Waals surface area contributed by atoms with Gasteiger partial charge in [0.1, 0.15) is 0 Å². The van der Waals surface area contributed by atoms with Crippen molar-refractivity contribution < 1.29 is 0 Å². The van der Waals surface area contributed by atoms with Gasteiger partial charge in [-0.2, -0.15) is 5.10 Å². The first-order valence-corrected chi connectivity index (χ1v) is 6.11. The summed E-state index contributed by atoms with van der Waals surface area (Å²) in [5.74, 6) is 0. The Labute approximate surface area is 102 Å². The van der Waals surface area contributed by atoms with E-state index in [9.17, 15) is 0 Å². The molecule has 0 saturated carbocycles. The van der Waals surface area contributed by atoms with Gasteiger partial charge in [0.15, 0.2) is 0 Å². The zero-order chi connectivity index (χ0) is 12.3. The number of aromatic nitrogens is 3. The van der Waals surface area contributed by atoms with Gasteiger partial charge in [0.2, 0.25) is 0 Å². The Balaban J connectivity index is 1.97. The fourth-order valence-electron chi connectivity index (χ4n) is 1.94. The first kappa shape index (κ1) is 11.8. The van der Waals surface area contributed by atoms with Gasteiger partial charge in [-0.15, -0.1) is 0 Å². The SMILES string of the molecule is CCCn1cc(CNn2c(C)ccc2C)cn1. The standard InChI is InChI=1S/C13H20N4/c1-4-7-16-10-13(8-14-16)9-15-17-11(2)5-6-12(17)3/h5-6,8,10,15H,4,7,9H2,1-3H3. The smallest absolute Gasteiger partial charge is 0.0595 e. The summed E-state index contributed by atoms with van der Waals surface area (Å²) in [5, 5.41) is 4.32. The Morgan fingerprint density at radius 1 is 1.24 bits per heavy atom. The second-order valence-corrected chi connectivity index (χ2v) is 4.40. The van der Waals surface area contributed by atoms with Crippen LogP contribution in [0.2, 0.25) is 0 Å². The lowest BCUT2D eigenvalue weighted by Crippen LogP contribution is -2.16. The molecular weight excluding hydrogens is 212 g/mol. The molecule has 0 unspecified atom stereocenters. The van der Waals surface area contributed by atoms with Crippen LogP contribution >= 0.6 is 0 Å². The Morgan fingerprint density at radius 3 is 2.59 bits per heavy atom. The molecule has 1 N–H and O–H groups in total. The van der Waals surface area contributed by atoms with Crippen molar-refractivity contribution in [1.82, 2.24) is 14.5 Å². The lowest BCUT2D eigenvalue weighted by Gasteiger charge is -2.11. The van der Waals surface area contributed by atoms with Crippen molar-refractivity contribution in [1.29, 1.82) is 0 Å². The highest BCUT2D eigenvalue weighted by Gasteiger charge is 2.01. The Kier molecular flexibility index (Phi) is 3.52. The van der Waals surface area contributed by atoms with Crippen LogP contribution in [0.4, 0.5) is 0 Å². The van der Waals surface area contributed by atoms with Gasteiger partial charge in [0.05, 0.1) is 12.7 Å². The average Bonchev–Trinajstić information content (AvgIpc) is 2.86. The summed E-state index contributed by atoms with van der Waals surface area (Å²) < 4.78 is 4.10. The maximum atomic E-state index is 4.32. The molecule has 17 heavy (non-hydrogen) atoms. The molecule has 0 aliphatic carbocycles. The van der Waals surface area contributed by atoms with Crippen LogP contribution in [0.15, 0.2) is 24.5 Å². The maximum Gasteiger partial charge on any atom is 0.0595 e. The largest absolute Gasteiger partial charge is 0.321 e. The third-order valence-corrected chi connectivity index (χ3v) is 2.85. The summed E-state index contributed by atoms with van der Waals surface area (Å²) >= 11 is 0. The Bertz CT molecular complexity index is 462. The van der Waals surface area contributed by atoms with Crippen LogP contribution in [0.25, 0.3) is 0 Å². The molecule has 0 aliphatic heterocycles. The second kappa shape index (κ2) is 5.08. The molecule has 0 atom stereocenters. The molecule has 92 valence electrons. The monoisotopic (exact) mass is 232 g/mol. The number of hydrogen-bond acceptors (Lipinski definition) is 2. The molecule has 0 aliphatic rings. The average molecular weight is 232 g/mol. The molecule has 2 heterocycles. The van der Waals surface area contributed by atoms with Gasteiger partial charge < -0.3 is 5.43 Å². The van der Waals surface area contributed by atoms with Crippen molar-refractivity contribution >= 4 is 0 Å². The van der Waals surface area contributed by atoms with Crippen LogP contribution in [-0.4, -0.2) is 14.5 Å². The van der Waals surface area contributed by atoms with E-state index in [0.29, 0.717) is 0 Å². The van der Waals surface area contributed by atoms with E-state index in [1.54, 1.807) is 0 Å². The molecule has 2 rings (SSSR count). The van der Waals surface area contributed by atoms with E-state index in [0.717, 1.165) is 19.5 Å². The lowest BCUT2D eigenvalue weighted by atomic mass is 10.4. The van der Waals surface area contributed by atoms with Gasteiger partial charge in [0, 0.05) is 29.7 Å². The zero-order valence-corrected chi connectivity index (χ0v) is 10.8. The molecule has 0 aromatic carbocycles. The van der Waals surface area contributed by atoms with Crippen molar-refractivity contribution in [2.24, 2.45) is 0 Å². The quantitative estimate of drug-likeness (QED) is 0.859. The first-order valence-electron chi connectivity index (χ1n) is 6.11. The molecule has 0 bridgehead atoms. The van der Waals surface area contributed by atoms with E-state index < -0.39 is 0 Å². The summed E-state index contributed by atoms with van der Waals surface area (Å²) in [5.41, 5.74) is 7.06. The first-order chi connectivity index (χ1) is 8.20. The van der Waals surface area contributed by atoms with E-state index in [1.807, 2.05) is 10.9 Å². The third-order valence-electron chi connectivity index (χ3n) is 2.85. The molecule has 0 amide bonds. The second-order valence-electron chi connectivity index (χ2n) is 4.40. The minimum absolute atomic E-state index is 0.806. The van der Waals surface area contributed by atoms with Crippen LogP contribution < -0.4 is 5.43 Å². The summed E-state index contributed by atoms with van der Waals surface area (Å²) in [7, 11) is 0. The fraction of sp³-hybridized carbons (Fsp3) is 0.462. The highest BCUT2D eigenvalue weighted by atomic mass is 15.4. The highest BCUT2D eigenvalue weighted by Crippen LogP contribution is 2.06. The summed E-state index contributed by atoms with van der Waals surface area (Å²) in [6.07, 6.45) is 5.14. The minimum atomic E-state index is 0.806. The molecule has 2 aromatic heterocycles. The van der Waals surface area contributed by atoms with E-state index >= 15 is 0 Å². The summed E-state index contributed by atoms with van der Waals surface area (Å²) in [4.78, 5) is 0. The number of nitrogens with one attached hydrogen (secondary N) is 1. The Hall–Kier alpha value is -1.71. The molecule has 2 aromatic rings. The van der Waals surface area contributed by atoms with Gasteiger partial charge in [-0.1, -0.05) is 6.92 Å². The van der Waals surface area contributed by atoms with Crippen LogP contribution in [0.3, 0.4) is 0 Å². The predicted octanol–water partition coefficient (Wildman–Crippen LogP) is 2.46. The van der Waals surface area contributed by atoms with Gasteiger partial charge in [-0.3, -0.25) is 9.36 Å². The molecule has 0 spiro atoms. The zero-order valence-electron chi connectivity index (χ0n) is 10.8. The lowest BCUT2D eigenvalue weighted by molar-refractivity contribution is 0.602. The predicted molar refractivity (Wildman–Crippen MR) is 69.5 cm³/mol. The van der Waals surface area contributed by atoms with Gasteiger partial charge in [-0.25, -0.2) is 0 Å². The van der Waals surface area contributed by atoms with E-state index in [-0.39, 0.29) is 0 Å². The molecule has 4 nitrogen and oxygen atoms in total. The van der Waals surface area contributed by atoms with Crippen molar-refractivity contribution in [3.63, 3.8) is 0 Å². The van der Waals surface area contributed by atoms with E-state index in [4.69, 9.17) is 0 Å². The van der Waals surface area contributed by atoms with Crippen molar-refractivity contribution in [2.75, 3.05) is 5.43 Å². The van der Waals surface area contributed by atoms with Crippen LogP contribution in [-0.2, 0) is 13.1 Å². The van der Waals surface area contributed by atoms with Gasteiger partial charge in [0.25, 0.3) is 0 Å². The minimum Gasteiger partial charge on any atom is -0.321 e. The topological polar surface area (TPSA) is 34.8 Å². The number of aryl methyl sites for hydroxylation is 3. The summed E-state index contributed by atoms with van der Waals surface area (Å²) in [6, 6.07) is 4.23. The maximum absolute atomic E-state index is 4.32. The van der Waals surface area contributed by atoms with Crippen molar-refractivity contribution in [3.05, 3.63) is 41.5 Å². The number of hydrogen-bond donors (Lipinski definition) is 1. The molecule has 0 saturated heterocycles.